The molecular formula is C17H16ClN3OS. The summed E-state index contributed by atoms with van der Waals surface area (Å²) in [6, 6.07) is 9.95. The first-order valence-electron chi connectivity index (χ1n) is 7.66. The molecule has 0 bridgehead atoms. The zero-order valence-corrected chi connectivity index (χ0v) is 14.0. The van der Waals surface area contributed by atoms with E-state index < -0.39 is 0 Å². The lowest BCUT2D eigenvalue weighted by atomic mass is 10.2. The molecule has 1 atom stereocenters. The Morgan fingerprint density at radius 3 is 3.13 bits per heavy atom. The number of H-pyrrole nitrogens is 1. The Bertz CT molecular complexity index is 890. The van der Waals surface area contributed by atoms with E-state index in [2.05, 4.69) is 32.4 Å². The van der Waals surface area contributed by atoms with E-state index in [0.29, 0.717) is 34.3 Å². The first-order chi connectivity index (χ1) is 11.2. The van der Waals surface area contributed by atoms with Gasteiger partial charge in [0.05, 0.1) is 17.4 Å². The fourth-order valence-corrected chi connectivity index (χ4v) is 4.31. The second-order valence-electron chi connectivity index (χ2n) is 5.82. The van der Waals surface area contributed by atoms with Crippen LogP contribution in [0.2, 0.25) is 5.02 Å². The standard InChI is InChI=1S/C17H16ClN3OS/c18-11-5-6-13-12(9-11)17(22)20-16(19-13)10-21-7-1-3-14(21)15-4-2-8-23-15/h2,4-6,8-9,14H,1,3,7,10H2,(H,19,20,22). The van der Waals surface area contributed by atoms with Crippen molar-refractivity contribution in [1.29, 1.82) is 0 Å². The van der Waals surface area contributed by atoms with Gasteiger partial charge >= 0.3 is 0 Å². The van der Waals surface area contributed by atoms with Gasteiger partial charge in [-0.1, -0.05) is 17.7 Å². The second kappa shape index (κ2) is 6.07. The molecule has 0 spiro atoms. The van der Waals surface area contributed by atoms with Gasteiger partial charge in [0, 0.05) is 15.9 Å². The van der Waals surface area contributed by atoms with Crippen molar-refractivity contribution in [2.45, 2.75) is 25.4 Å². The molecule has 3 aromatic rings. The summed E-state index contributed by atoms with van der Waals surface area (Å²) in [6.45, 7) is 1.70. The average molecular weight is 346 g/mol. The lowest BCUT2D eigenvalue weighted by Crippen LogP contribution is -2.25. The van der Waals surface area contributed by atoms with E-state index in [1.165, 1.54) is 11.3 Å². The Morgan fingerprint density at radius 1 is 1.39 bits per heavy atom. The third-order valence-corrected chi connectivity index (χ3v) is 5.51. The third-order valence-electron chi connectivity index (χ3n) is 4.30. The summed E-state index contributed by atoms with van der Waals surface area (Å²) in [5.74, 6) is 0.716. The number of halogens is 1. The summed E-state index contributed by atoms with van der Waals surface area (Å²) < 4.78 is 0. The van der Waals surface area contributed by atoms with E-state index in [1.54, 1.807) is 29.5 Å². The zero-order valence-electron chi connectivity index (χ0n) is 12.5. The van der Waals surface area contributed by atoms with Crippen molar-refractivity contribution < 1.29 is 0 Å². The largest absolute Gasteiger partial charge is 0.309 e. The topological polar surface area (TPSA) is 49.0 Å². The van der Waals surface area contributed by atoms with Gasteiger partial charge in [-0.3, -0.25) is 9.69 Å². The Hall–Kier alpha value is -1.69. The normalized spacial score (nSPS) is 18.7. The van der Waals surface area contributed by atoms with Crippen molar-refractivity contribution in [3.8, 4) is 0 Å². The van der Waals surface area contributed by atoms with Crippen LogP contribution in [-0.4, -0.2) is 21.4 Å². The minimum Gasteiger partial charge on any atom is -0.309 e. The van der Waals surface area contributed by atoms with E-state index in [1.807, 2.05) is 0 Å². The molecule has 1 aliphatic heterocycles. The van der Waals surface area contributed by atoms with Crippen LogP contribution in [-0.2, 0) is 6.54 Å². The molecule has 118 valence electrons. The fraction of sp³-hybridized carbons (Fsp3) is 0.294. The molecule has 1 aromatic carbocycles. The molecule has 4 rings (SSSR count). The van der Waals surface area contributed by atoms with Crippen LogP contribution in [0.15, 0.2) is 40.5 Å². The Labute approximate surface area is 142 Å². The molecule has 1 saturated heterocycles. The van der Waals surface area contributed by atoms with Gasteiger partial charge in [0.15, 0.2) is 0 Å². The highest BCUT2D eigenvalue weighted by atomic mass is 35.5. The van der Waals surface area contributed by atoms with Gasteiger partial charge in [-0.2, -0.15) is 0 Å². The number of benzene rings is 1. The van der Waals surface area contributed by atoms with Gasteiger partial charge in [0.25, 0.3) is 5.56 Å². The molecule has 3 heterocycles. The molecule has 0 radical (unpaired) electrons. The predicted octanol–water partition coefficient (Wildman–Crippen LogP) is 3.98. The van der Waals surface area contributed by atoms with Gasteiger partial charge in [-0.15, -0.1) is 11.3 Å². The van der Waals surface area contributed by atoms with E-state index in [0.717, 1.165) is 13.0 Å². The van der Waals surface area contributed by atoms with Crippen molar-refractivity contribution in [3.63, 3.8) is 0 Å². The summed E-state index contributed by atoms with van der Waals surface area (Å²) in [4.78, 5) is 23.6. The molecule has 4 nitrogen and oxygen atoms in total. The fourth-order valence-electron chi connectivity index (χ4n) is 3.25. The lowest BCUT2D eigenvalue weighted by Gasteiger charge is -2.22. The van der Waals surface area contributed by atoms with Crippen LogP contribution in [0, 0.1) is 0 Å². The third kappa shape index (κ3) is 2.92. The lowest BCUT2D eigenvalue weighted by molar-refractivity contribution is 0.245. The highest BCUT2D eigenvalue weighted by Gasteiger charge is 2.27. The smallest absolute Gasteiger partial charge is 0.258 e. The van der Waals surface area contributed by atoms with Crippen LogP contribution >= 0.6 is 22.9 Å². The number of aromatic nitrogens is 2. The predicted molar refractivity (Wildman–Crippen MR) is 94.1 cm³/mol. The van der Waals surface area contributed by atoms with Crippen LogP contribution in [0.5, 0.6) is 0 Å². The van der Waals surface area contributed by atoms with Crippen LogP contribution in [0.3, 0.4) is 0 Å². The highest BCUT2D eigenvalue weighted by Crippen LogP contribution is 2.35. The van der Waals surface area contributed by atoms with Crippen molar-refractivity contribution >= 4 is 33.8 Å². The molecule has 1 aliphatic rings. The molecule has 1 N–H and O–H groups in total. The van der Waals surface area contributed by atoms with Crippen molar-refractivity contribution in [3.05, 3.63) is 61.8 Å². The van der Waals surface area contributed by atoms with Crippen molar-refractivity contribution in [2.75, 3.05) is 6.54 Å². The summed E-state index contributed by atoms with van der Waals surface area (Å²) in [5.41, 5.74) is 0.569. The SMILES string of the molecule is O=c1[nH]c(CN2CCCC2c2cccs2)nc2ccc(Cl)cc12. The maximum atomic E-state index is 12.3. The average Bonchev–Trinajstić information content (AvgIpc) is 3.19. The molecule has 0 aliphatic carbocycles. The highest BCUT2D eigenvalue weighted by molar-refractivity contribution is 7.10. The number of likely N-dealkylation sites (tertiary alicyclic amines) is 1. The van der Waals surface area contributed by atoms with Gasteiger partial charge in [0.1, 0.15) is 5.82 Å². The number of thiophene rings is 1. The Morgan fingerprint density at radius 2 is 2.30 bits per heavy atom. The number of nitrogens with one attached hydrogen (secondary N) is 1. The summed E-state index contributed by atoms with van der Waals surface area (Å²) in [6.07, 6.45) is 2.34. The first-order valence-corrected chi connectivity index (χ1v) is 8.92. The molecule has 1 fully saturated rings. The molecule has 1 unspecified atom stereocenters. The summed E-state index contributed by atoms with van der Waals surface area (Å²) >= 11 is 7.75. The van der Waals surface area contributed by atoms with E-state index in [9.17, 15) is 4.79 Å². The molecular weight excluding hydrogens is 330 g/mol. The maximum absolute atomic E-state index is 12.3. The van der Waals surface area contributed by atoms with E-state index in [-0.39, 0.29) is 5.56 Å². The van der Waals surface area contributed by atoms with Crippen LogP contribution in [0.25, 0.3) is 10.9 Å². The van der Waals surface area contributed by atoms with Gasteiger partial charge in [0.2, 0.25) is 0 Å². The quantitative estimate of drug-likeness (QED) is 0.781. The molecule has 6 heteroatoms. The Balaban J connectivity index is 1.65. The van der Waals surface area contributed by atoms with Crippen molar-refractivity contribution in [1.82, 2.24) is 14.9 Å². The summed E-state index contributed by atoms with van der Waals surface area (Å²) in [7, 11) is 0. The number of fused-ring (bicyclic) bond motifs is 1. The maximum Gasteiger partial charge on any atom is 0.258 e. The number of nitrogens with zero attached hydrogens (tertiary/aromatic N) is 2. The van der Waals surface area contributed by atoms with Crippen molar-refractivity contribution in [2.24, 2.45) is 0 Å². The van der Waals surface area contributed by atoms with Crippen LogP contribution in [0.4, 0.5) is 0 Å². The molecule has 0 saturated carbocycles. The second-order valence-corrected chi connectivity index (χ2v) is 7.23. The van der Waals surface area contributed by atoms with Gasteiger partial charge in [-0.25, -0.2) is 4.98 Å². The van der Waals surface area contributed by atoms with E-state index >= 15 is 0 Å². The van der Waals surface area contributed by atoms with Gasteiger partial charge < -0.3 is 4.98 Å². The minimum atomic E-state index is -0.126. The molecule has 2 aromatic heterocycles. The minimum absolute atomic E-state index is 0.126. The molecule has 0 amide bonds. The number of aromatic amines is 1. The number of hydrogen-bond donors (Lipinski definition) is 1. The Kier molecular flexibility index (Phi) is 3.93. The van der Waals surface area contributed by atoms with Gasteiger partial charge in [-0.05, 0) is 49.0 Å². The van der Waals surface area contributed by atoms with Crippen LogP contribution in [0.1, 0.15) is 29.6 Å². The molecule has 23 heavy (non-hydrogen) atoms. The monoisotopic (exact) mass is 345 g/mol. The zero-order chi connectivity index (χ0) is 15.8. The summed E-state index contributed by atoms with van der Waals surface area (Å²) in [5, 5.41) is 3.21. The first kappa shape index (κ1) is 14.9. The van der Waals surface area contributed by atoms with E-state index in [4.69, 9.17) is 11.6 Å². The van der Waals surface area contributed by atoms with Crippen LogP contribution < -0.4 is 5.56 Å². The number of rotatable bonds is 3. The number of hydrogen-bond acceptors (Lipinski definition) is 4.